The molecular weight excluding hydrogens is 180 g/mol. The van der Waals surface area contributed by atoms with E-state index in [-0.39, 0.29) is 18.6 Å². The number of hydrogen-bond acceptors (Lipinski definition) is 3. The lowest BCUT2D eigenvalue weighted by Gasteiger charge is -2.07. The molecule has 0 radical (unpaired) electrons. The van der Waals surface area contributed by atoms with Crippen LogP contribution in [0, 0.1) is 5.92 Å². The molecule has 1 aliphatic rings. The SMILES string of the molecule is CC(C)CN1CC1C(=O)NCCCO. The highest BCUT2D eigenvalue weighted by molar-refractivity contribution is 5.84. The van der Waals surface area contributed by atoms with Gasteiger partial charge in [-0.1, -0.05) is 13.8 Å². The average molecular weight is 200 g/mol. The van der Waals surface area contributed by atoms with Crippen LogP contribution in [0.4, 0.5) is 0 Å². The molecule has 1 heterocycles. The third-order valence-corrected chi connectivity index (χ3v) is 2.25. The van der Waals surface area contributed by atoms with Crippen molar-refractivity contribution in [3.8, 4) is 0 Å². The van der Waals surface area contributed by atoms with Crippen molar-refractivity contribution in [2.75, 3.05) is 26.2 Å². The molecular formula is C10H20N2O2. The molecule has 0 aromatic heterocycles. The highest BCUT2D eigenvalue weighted by atomic mass is 16.3. The Morgan fingerprint density at radius 1 is 1.64 bits per heavy atom. The van der Waals surface area contributed by atoms with E-state index in [4.69, 9.17) is 5.11 Å². The van der Waals surface area contributed by atoms with Gasteiger partial charge in [-0.25, -0.2) is 0 Å². The van der Waals surface area contributed by atoms with Gasteiger partial charge in [-0.3, -0.25) is 9.69 Å². The Kier molecular flexibility index (Phi) is 4.35. The van der Waals surface area contributed by atoms with Crippen LogP contribution in [-0.4, -0.2) is 48.2 Å². The molecule has 0 saturated carbocycles. The third kappa shape index (κ3) is 3.64. The minimum Gasteiger partial charge on any atom is -0.396 e. The maximum Gasteiger partial charge on any atom is 0.238 e. The molecule has 1 aliphatic heterocycles. The van der Waals surface area contributed by atoms with Crippen LogP contribution in [-0.2, 0) is 4.79 Å². The van der Waals surface area contributed by atoms with E-state index in [0.29, 0.717) is 18.9 Å². The third-order valence-electron chi connectivity index (χ3n) is 2.25. The topological polar surface area (TPSA) is 52.3 Å². The Morgan fingerprint density at radius 2 is 2.36 bits per heavy atom. The van der Waals surface area contributed by atoms with Crippen molar-refractivity contribution in [3.05, 3.63) is 0 Å². The van der Waals surface area contributed by atoms with Gasteiger partial charge in [-0.15, -0.1) is 0 Å². The summed E-state index contributed by atoms with van der Waals surface area (Å²) in [6.07, 6.45) is 0.642. The summed E-state index contributed by atoms with van der Waals surface area (Å²) >= 11 is 0. The van der Waals surface area contributed by atoms with Gasteiger partial charge in [0.15, 0.2) is 0 Å². The van der Waals surface area contributed by atoms with Crippen molar-refractivity contribution in [1.29, 1.82) is 0 Å². The monoisotopic (exact) mass is 200 g/mol. The van der Waals surface area contributed by atoms with Gasteiger partial charge in [0.05, 0.1) is 0 Å². The van der Waals surface area contributed by atoms with Crippen molar-refractivity contribution in [3.63, 3.8) is 0 Å². The van der Waals surface area contributed by atoms with Crippen molar-refractivity contribution in [1.82, 2.24) is 10.2 Å². The van der Waals surface area contributed by atoms with Gasteiger partial charge < -0.3 is 10.4 Å². The van der Waals surface area contributed by atoms with Crippen molar-refractivity contribution < 1.29 is 9.90 Å². The van der Waals surface area contributed by atoms with E-state index >= 15 is 0 Å². The summed E-state index contributed by atoms with van der Waals surface area (Å²) in [7, 11) is 0. The predicted octanol–water partition coefficient (Wildman–Crippen LogP) is -0.175. The zero-order chi connectivity index (χ0) is 10.6. The number of hydrogen-bond donors (Lipinski definition) is 2. The molecule has 0 aromatic carbocycles. The lowest BCUT2D eigenvalue weighted by Crippen LogP contribution is -2.31. The molecule has 4 nitrogen and oxygen atoms in total. The normalized spacial score (nSPS) is 25.1. The number of aliphatic hydroxyl groups is 1. The summed E-state index contributed by atoms with van der Waals surface area (Å²) < 4.78 is 0. The number of nitrogens with one attached hydrogen (secondary N) is 1. The molecule has 14 heavy (non-hydrogen) atoms. The number of carbonyl (C=O) groups is 1. The number of amides is 1. The number of carbonyl (C=O) groups excluding carboxylic acids is 1. The number of nitrogens with zero attached hydrogens (tertiary/aromatic N) is 1. The van der Waals surface area contributed by atoms with Gasteiger partial charge in [-0.05, 0) is 12.3 Å². The van der Waals surface area contributed by atoms with Crippen molar-refractivity contribution >= 4 is 5.91 Å². The van der Waals surface area contributed by atoms with Crippen LogP contribution >= 0.6 is 0 Å². The predicted molar refractivity (Wildman–Crippen MR) is 54.9 cm³/mol. The molecule has 2 unspecified atom stereocenters. The molecule has 2 N–H and O–H groups in total. The largest absolute Gasteiger partial charge is 0.396 e. The van der Waals surface area contributed by atoms with Crippen molar-refractivity contribution in [2.45, 2.75) is 26.3 Å². The van der Waals surface area contributed by atoms with Gasteiger partial charge in [0.1, 0.15) is 6.04 Å². The molecule has 0 aromatic rings. The summed E-state index contributed by atoms with van der Waals surface area (Å²) in [6, 6.07) is 0.0936. The Morgan fingerprint density at radius 3 is 2.93 bits per heavy atom. The minimum atomic E-state index is 0.0936. The van der Waals surface area contributed by atoms with E-state index in [9.17, 15) is 4.79 Å². The number of aliphatic hydroxyl groups excluding tert-OH is 1. The van der Waals surface area contributed by atoms with E-state index < -0.39 is 0 Å². The van der Waals surface area contributed by atoms with Crippen molar-refractivity contribution in [2.24, 2.45) is 5.92 Å². The Balaban J connectivity index is 2.09. The van der Waals surface area contributed by atoms with Crippen LogP contribution in [0.5, 0.6) is 0 Å². The fourth-order valence-electron chi connectivity index (χ4n) is 1.50. The summed E-state index contributed by atoms with van der Waals surface area (Å²) in [4.78, 5) is 13.6. The van der Waals surface area contributed by atoms with Crippen LogP contribution in [0.1, 0.15) is 20.3 Å². The quantitative estimate of drug-likeness (QED) is 0.462. The van der Waals surface area contributed by atoms with Crippen LogP contribution in [0.3, 0.4) is 0 Å². The molecule has 82 valence electrons. The molecule has 1 saturated heterocycles. The van der Waals surface area contributed by atoms with Gasteiger partial charge in [0.25, 0.3) is 0 Å². The van der Waals surface area contributed by atoms with Gasteiger partial charge in [0.2, 0.25) is 5.91 Å². The second-order valence-electron chi connectivity index (χ2n) is 4.23. The van der Waals surface area contributed by atoms with Crippen LogP contribution in [0.25, 0.3) is 0 Å². The summed E-state index contributed by atoms with van der Waals surface area (Å²) in [5.41, 5.74) is 0. The van der Waals surface area contributed by atoms with E-state index in [1.54, 1.807) is 0 Å². The fourth-order valence-corrected chi connectivity index (χ4v) is 1.50. The van der Waals surface area contributed by atoms with Crippen LogP contribution < -0.4 is 5.32 Å². The first-order valence-electron chi connectivity index (χ1n) is 5.27. The smallest absolute Gasteiger partial charge is 0.238 e. The Hall–Kier alpha value is -0.610. The van der Waals surface area contributed by atoms with Crippen LogP contribution in [0.15, 0.2) is 0 Å². The van der Waals surface area contributed by atoms with Gasteiger partial charge in [-0.2, -0.15) is 0 Å². The average Bonchev–Trinajstić information content (AvgIpc) is 2.83. The maximum atomic E-state index is 11.4. The minimum absolute atomic E-state index is 0.0936. The second-order valence-corrected chi connectivity index (χ2v) is 4.23. The summed E-state index contributed by atoms with van der Waals surface area (Å²) in [6.45, 7) is 6.92. The first-order chi connectivity index (χ1) is 6.65. The lowest BCUT2D eigenvalue weighted by atomic mass is 10.2. The Labute approximate surface area is 85.3 Å². The summed E-state index contributed by atoms with van der Waals surface area (Å²) in [5.74, 6) is 0.726. The van der Waals surface area contributed by atoms with E-state index in [2.05, 4.69) is 24.1 Å². The standard InChI is InChI=1S/C10H20N2O2/c1-8(2)6-12-7-9(12)10(14)11-4-3-5-13/h8-9,13H,3-7H2,1-2H3,(H,11,14). The van der Waals surface area contributed by atoms with Crippen LogP contribution in [0.2, 0.25) is 0 Å². The first kappa shape index (κ1) is 11.5. The Bertz CT molecular complexity index is 195. The molecule has 0 spiro atoms. The summed E-state index contributed by atoms with van der Waals surface area (Å²) in [5, 5.41) is 11.4. The molecule has 4 heteroatoms. The second kappa shape index (κ2) is 5.32. The van der Waals surface area contributed by atoms with E-state index in [1.165, 1.54) is 0 Å². The van der Waals surface area contributed by atoms with E-state index in [1.807, 2.05) is 0 Å². The number of rotatable bonds is 6. The molecule has 1 fully saturated rings. The zero-order valence-corrected chi connectivity index (χ0v) is 8.99. The lowest BCUT2D eigenvalue weighted by molar-refractivity contribution is -0.121. The molecule has 1 amide bonds. The molecule has 2 atom stereocenters. The zero-order valence-electron chi connectivity index (χ0n) is 8.99. The van der Waals surface area contributed by atoms with Gasteiger partial charge in [0, 0.05) is 26.2 Å². The fraction of sp³-hybridized carbons (Fsp3) is 0.900. The van der Waals surface area contributed by atoms with Gasteiger partial charge >= 0.3 is 0 Å². The molecule has 0 bridgehead atoms. The molecule has 1 rings (SSSR count). The first-order valence-corrected chi connectivity index (χ1v) is 5.27. The maximum absolute atomic E-state index is 11.4. The highest BCUT2D eigenvalue weighted by Gasteiger charge is 2.39. The van der Waals surface area contributed by atoms with E-state index in [0.717, 1.165) is 13.1 Å². The highest BCUT2D eigenvalue weighted by Crippen LogP contribution is 2.18. The molecule has 0 aliphatic carbocycles.